The first-order valence-electron chi connectivity index (χ1n) is 15.1. The van der Waals surface area contributed by atoms with Crippen molar-refractivity contribution in [1.29, 1.82) is 0 Å². The number of methoxy groups -OCH3 is 1. The van der Waals surface area contributed by atoms with Gasteiger partial charge in [-0.2, -0.15) is 0 Å². The van der Waals surface area contributed by atoms with E-state index in [0.717, 1.165) is 6.08 Å². The van der Waals surface area contributed by atoms with Crippen LogP contribution in [-0.2, 0) is 39.8 Å². The molecule has 0 bridgehead atoms. The molecule has 0 aliphatic carbocycles. The quantitative estimate of drug-likeness (QED) is 0.0730. The van der Waals surface area contributed by atoms with Gasteiger partial charge in [-0.15, -0.1) is 0 Å². The maximum Gasteiger partial charge on any atom is 0.407 e. The molecule has 1 aromatic carbocycles. The van der Waals surface area contributed by atoms with E-state index in [0.29, 0.717) is 25.1 Å². The molecule has 4 amide bonds. The number of alkyl carbamates (subject to hydrolysis) is 1. The molecule has 2 atom stereocenters. The Morgan fingerprint density at radius 3 is 2.24 bits per heavy atom. The van der Waals surface area contributed by atoms with Crippen LogP contribution in [0, 0.1) is 5.92 Å². The molecule has 258 valence electrons. The molecular formula is C32H49BrN4O9. The zero-order valence-electron chi connectivity index (χ0n) is 28.0. The van der Waals surface area contributed by atoms with Crippen LogP contribution in [0.3, 0.4) is 0 Å². The second kappa shape index (κ2) is 19.1. The van der Waals surface area contributed by atoms with Crippen LogP contribution in [0.1, 0.15) is 73.3 Å². The summed E-state index contributed by atoms with van der Waals surface area (Å²) in [5.74, 6) is -2.44. The van der Waals surface area contributed by atoms with Crippen molar-refractivity contribution in [2.45, 2.75) is 91.4 Å². The largest absolute Gasteiger partial charge is 0.506 e. The Bertz CT molecular complexity index is 1240. The minimum absolute atomic E-state index is 0.0442. The van der Waals surface area contributed by atoms with E-state index in [1.165, 1.54) is 13.2 Å². The van der Waals surface area contributed by atoms with Gasteiger partial charge >= 0.3 is 12.1 Å². The van der Waals surface area contributed by atoms with Gasteiger partial charge in [-0.3, -0.25) is 19.2 Å². The van der Waals surface area contributed by atoms with Gasteiger partial charge in [0.2, 0.25) is 11.8 Å². The van der Waals surface area contributed by atoms with Gasteiger partial charge in [0.1, 0.15) is 17.0 Å². The molecule has 0 fully saturated rings. The van der Waals surface area contributed by atoms with E-state index in [-0.39, 0.29) is 41.7 Å². The van der Waals surface area contributed by atoms with E-state index in [2.05, 4.69) is 37.2 Å². The molecule has 0 aliphatic rings. The molecule has 1 rings (SSSR count). The normalized spacial score (nSPS) is 13.2. The summed E-state index contributed by atoms with van der Waals surface area (Å²) in [7, 11) is 1.51. The second-order valence-electron chi connectivity index (χ2n) is 12.8. The van der Waals surface area contributed by atoms with Crippen molar-refractivity contribution in [3.8, 4) is 5.75 Å². The van der Waals surface area contributed by atoms with Gasteiger partial charge in [-0.25, -0.2) is 4.79 Å². The van der Waals surface area contributed by atoms with Crippen molar-refractivity contribution in [2.75, 3.05) is 32.1 Å². The van der Waals surface area contributed by atoms with E-state index in [1.807, 2.05) is 0 Å². The molecule has 0 saturated heterocycles. The molecule has 1 unspecified atom stereocenters. The third-order valence-electron chi connectivity index (χ3n) is 5.93. The highest BCUT2D eigenvalue weighted by Gasteiger charge is 2.27. The fourth-order valence-corrected chi connectivity index (χ4v) is 4.29. The average Bonchev–Trinajstić information content (AvgIpc) is 2.90. The zero-order chi connectivity index (χ0) is 35.1. The number of carbonyl (C=O) groups excluding carboxylic acids is 5. The molecule has 0 aromatic heterocycles. The molecule has 0 spiro atoms. The summed E-state index contributed by atoms with van der Waals surface area (Å²) in [6.45, 7) is 13.1. The summed E-state index contributed by atoms with van der Waals surface area (Å²) in [6.07, 6.45) is 1.34. The van der Waals surface area contributed by atoms with Gasteiger partial charge in [-0.05, 0) is 94.4 Å². The standard InChI is InChI=1S/C32H49BrN4O9/c1-20(29(42)45-31(2,3)4)16-22(36-30(43)46-32(5,6)7)17-21-11-12-25(38)24(18-21)37-26(39)10-9-13-34-27(40)19-23(33)28(41)35-14-15-44-8/h11-12,18-20,22,38H,9-10,13-17H2,1-8H3,(H,34,40)(H,35,41)(H,36,43)(H,37,39)/b23-19+/t20?,22-/m1/s1. The van der Waals surface area contributed by atoms with Crippen LogP contribution in [0.2, 0.25) is 0 Å². The predicted octanol–water partition coefficient (Wildman–Crippen LogP) is 4.07. The van der Waals surface area contributed by atoms with Gasteiger partial charge in [0.25, 0.3) is 5.91 Å². The molecule has 14 heteroatoms. The first kappa shape index (κ1) is 40.4. The lowest BCUT2D eigenvalue weighted by atomic mass is 9.95. The summed E-state index contributed by atoms with van der Waals surface area (Å²) in [4.78, 5) is 61.8. The van der Waals surface area contributed by atoms with Crippen LogP contribution in [0.5, 0.6) is 5.75 Å². The number of benzene rings is 1. The first-order valence-corrected chi connectivity index (χ1v) is 15.8. The van der Waals surface area contributed by atoms with E-state index in [9.17, 15) is 29.1 Å². The van der Waals surface area contributed by atoms with Crippen molar-refractivity contribution >= 4 is 51.4 Å². The van der Waals surface area contributed by atoms with E-state index in [4.69, 9.17) is 14.2 Å². The lowest BCUT2D eigenvalue weighted by Crippen LogP contribution is -2.42. The zero-order valence-corrected chi connectivity index (χ0v) is 29.6. The Morgan fingerprint density at radius 1 is 0.978 bits per heavy atom. The molecule has 0 heterocycles. The number of hydrogen-bond acceptors (Lipinski definition) is 9. The van der Waals surface area contributed by atoms with Crippen LogP contribution in [0.15, 0.2) is 28.8 Å². The van der Waals surface area contributed by atoms with Gasteiger partial charge in [0.05, 0.1) is 22.7 Å². The van der Waals surface area contributed by atoms with Crippen molar-refractivity contribution in [2.24, 2.45) is 5.92 Å². The number of ether oxygens (including phenoxy) is 3. The number of hydrogen-bond donors (Lipinski definition) is 5. The van der Waals surface area contributed by atoms with E-state index in [1.54, 1.807) is 60.6 Å². The SMILES string of the molecule is COCCNC(=O)/C(Br)=C\C(=O)NCCCC(=O)Nc1cc(C[C@@H](CC(C)C(=O)OC(C)(C)C)NC(=O)OC(C)(C)C)ccc1O. The number of amides is 4. The number of anilines is 1. The van der Waals surface area contributed by atoms with Crippen LogP contribution < -0.4 is 21.3 Å². The molecular weight excluding hydrogens is 664 g/mol. The summed E-state index contributed by atoms with van der Waals surface area (Å²) in [5.41, 5.74) is -0.528. The topological polar surface area (TPSA) is 181 Å². The molecule has 0 saturated carbocycles. The number of aromatic hydroxyl groups is 1. The Hall–Kier alpha value is -3.65. The predicted molar refractivity (Wildman–Crippen MR) is 177 cm³/mol. The Labute approximate surface area is 279 Å². The average molecular weight is 714 g/mol. The lowest BCUT2D eigenvalue weighted by molar-refractivity contribution is -0.159. The highest BCUT2D eigenvalue weighted by molar-refractivity contribution is 9.12. The van der Waals surface area contributed by atoms with Crippen LogP contribution in [0.25, 0.3) is 0 Å². The van der Waals surface area contributed by atoms with Gasteiger partial charge in [0.15, 0.2) is 0 Å². The number of carbonyl (C=O) groups is 5. The maximum atomic E-state index is 12.7. The van der Waals surface area contributed by atoms with Crippen molar-refractivity contribution in [1.82, 2.24) is 16.0 Å². The fourth-order valence-electron chi connectivity index (χ4n) is 3.94. The summed E-state index contributed by atoms with van der Waals surface area (Å²) in [5, 5.41) is 21.1. The van der Waals surface area contributed by atoms with Crippen LogP contribution >= 0.6 is 15.9 Å². The Kier molecular flexibility index (Phi) is 16.8. The molecule has 0 radical (unpaired) electrons. The highest BCUT2D eigenvalue weighted by atomic mass is 79.9. The smallest absolute Gasteiger partial charge is 0.407 e. The fraction of sp³-hybridized carbons (Fsp3) is 0.594. The van der Waals surface area contributed by atoms with Gasteiger partial charge < -0.3 is 40.6 Å². The summed E-state index contributed by atoms with van der Waals surface area (Å²) in [6, 6.07) is 4.16. The number of phenols is 1. The monoisotopic (exact) mass is 712 g/mol. The van der Waals surface area contributed by atoms with Crippen LogP contribution in [0.4, 0.5) is 10.5 Å². The minimum atomic E-state index is -0.724. The molecule has 1 aromatic rings. The third-order valence-corrected chi connectivity index (χ3v) is 6.52. The second-order valence-corrected chi connectivity index (χ2v) is 13.6. The third kappa shape index (κ3) is 17.7. The Morgan fingerprint density at radius 2 is 1.63 bits per heavy atom. The highest BCUT2D eigenvalue weighted by Crippen LogP contribution is 2.26. The minimum Gasteiger partial charge on any atom is -0.506 e. The molecule has 5 N–H and O–H groups in total. The van der Waals surface area contributed by atoms with Gasteiger partial charge in [-0.1, -0.05) is 13.0 Å². The van der Waals surface area contributed by atoms with E-state index < -0.39 is 52.9 Å². The number of esters is 1. The number of nitrogens with one attached hydrogen (secondary N) is 4. The number of halogens is 1. The lowest BCUT2D eigenvalue weighted by Gasteiger charge is -2.27. The van der Waals surface area contributed by atoms with Crippen molar-refractivity contribution in [3.05, 3.63) is 34.3 Å². The summed E-state index contributed by atoms with van der Waals surface area (Å²) < 4.78 is 15.8. The molecule has 46 heavy (non-hydrogen) atoms. The van der Waals surface area contributed by atoms with Gasteiger partial charge in [0, 0.05) is 38.7 Å². The first-order chi connectivity index (χ1) is 21.3. The summed E-state index contributed by atoms with van der Waals surface area (Å²) >= 11 is 3.06. The van der Waals surface area contributed by atoms with Crippen molar-refractivity contribution in [3.63, 3.8) is 0 Å². The number of rotatable bonds is 16. The van der Waals surface area contributed by atoms with E-state index >= 15 is 0 Å². The maximum absolute atomic E-state index is 12.7. The van der Waals surface area contributed by atoms with Crippen LogP contribution in [-0.4, -0.2) is 78.9 Å². The molecule has 0 aliphatic heterocycles. The number of phenolic OH excluding ortho intramolecular Hbond substituents is 1. The Balaban J connectivity index is 2.82. The van der Waals surface area contributed by atoms with Crippen molar-refractivity contribution < 1.29 is 43.3 Å². The molecule has 13 nitrogen and oxygen atoms in total.